The molecule has 0 aromatic heterocycles. The van der Waals surface area contributed by atoms with E-state index in [-0.39, 0.29) is 0 Å². The molecule has 0 aliphatic heterocycles. The smallest absolute Gasteiger partial charge is 0.0622 e. The van der Waals surface area contributed by atoms with Crippen LogP contribution >= 0.6 is 0 Å². The highest BCUT2D eigenvalue weighted by Gasteiger charge is 2.10. The molecule has 0 bridgehead atoms. The lowest BCUT2D eigenvalue weighted by Crippen LogP contribution is -1.89. The molecule has 0 spiro atoms. The molecule has 0 nitrogen and oxygen atoms in total. The Morgan fingerprint density at radius 1 is 0.737 bits per heavy atom. The minimum absolute atomic E-state index is 1.23. The van der Waals surface area contributed by atoms with Gasteiger partial charge in [-0.1, -0.05) is 36.4 Å². The predicted octanol–water partition coefficient (Wildman–Crippen LogP) is 4.93. The summed E-state index contributed by atoms with van der Waals surface area (Å²) in [6.07, 6.45) is 10.9. The normalized spacial score (nSPS) is 16.0. The van der Waals surface area contributed by atoms with E-state index >= 15 is 0 Å². The Kier molecular flexibility index (Phi) is 3.33. The first-order valence-electron chi connectivity index (χ1n) is 6.47. The zero-order valence-electron chi connectivity index (χ0n) is 10.7. The molecule has 19 heavy (non-hydrogen) atoms. The van der Waals surface area contributed by atoms with Gasteiger partial charge in [0.25, 0.3) is 0 Å². The Morgan fingerprint density at radius 3 is 2.05 bits per heavy atom. The third kappa shape index (κ3) is 2.86. The Labute approximate surface area is 114 Å². The van der Waals surface area contributed by atoms with Crippen molar-refractivity contribution in [3.8, 4) is 0 Å². The first-order valence-corrected chi connectivity index (χ1v) is 6.47. The summed E-state index contributed by atoms with van der Waals surface area (Å²) >= 11 is 0. The van der Waals surface area contributed by atoms with Crippen LogP contribution < -0.4 is 0 Å². The van der Waals surface area contributed by atoms with Crippen LogP contribution in [0.3, 0.4) is 0 Å². The van der Waals surface area contributed by atoms with E-state index in [1.165, 1.54) is 22.3 Å². The van der Waals surface area contributed by atoms with Crippen LogP contribution in [0, 0.1) is 6.42 Å². The minimum Gasteiger partial charge on any atom is -0.0622 e. The van der Waals surface area contributed by atoms with E-state index in [2.05, 4.69) is 79.3 Å². The standard InChI is InChI=1S/C19H15/c1-3-7-16(8-4-1)15-17-11-13-19(14-12-17)18-9-5-2-6-10-18/h1-15H/q+1. The van der Waals surface area contributed by atoms with Gasteiger partial charge in [-0.2, -0.15) is 0 Å². The minimum atomic E-state index is 1.23. The van der Waals surface area contributed by atoms with Gasteiger partial charge in [0.15, 0.2) is 0 Å². The van der Waals surface area contributed by atoms with E-state index in [0.717, 1.165) is 0 Å². The largest absolute Gasteiger partial charge is 0.0967 e. The van der Waals surface area contributed by atoms with Crippen molar-refractivity contribution in [2.24, 2.45) is 0 Å². The molecule has 2 aromatic carbocycles. The SMILES string of the molecule is C1=CC(c2ccccc2)=C[CH+]C1=Cc1ccccc1. The van der Waals surface area contributed by atoms with Crippen LogP contribution in [0.25, 0.3) is 11.6 Å². The lowest BCUT2D eigenvalue weighted by molar-refractivity contribution is 1.52. The van der Waals surface area contributed by atoms with Gasteiger partial charge in [0.2, 0.25) is 0 Å². The van der Waals surface area contributed by atoms with Crippen LogP contribution in [-0.4, -0.2) is 0 Å². The van der Waals surface area contributed by atoms with Gasteiger partial charge < -0.3 is 0 Å². The molecule has 0 heteroatoms. The van der Waals surface area contributed by atoms with Crippen LogP contribution in [0.5, 0.6) is 0 Å². The number of hydrogen-bond donors (Lipinski definition) is 0. The molecule has 0 unspecified atom stereocenters. The first kappa shape index (κ1) is 11.6. The Balaban J connectivity index is 1.78. The lowest BCUT2D eigenvalue weighted by Gasteiger charge is -2.02. The van der Waals surface area contributed by atoms with Crippen molar-refractivity contribution in [1.29, 1.82) is 0 Å². The van der Waals surface area contributed by atoms with Crippen molar-refractivity contribution < 1.29 is 0 Å². The fourth-order valence-corrected chi connectivity index (χ4v) is 2.14. The number of allylic oxidation sites excluding steroid dienone is 5. The molecule has 0 heterocycles. The molecule has 0 atom stereocenters. The van der Waals surface area contributed by atoms with E-state index in [1.54, 1.807) is 0 Å². The highest BCUT2D eigenvalue weighted by Crippen LogP contribution is 2.24. The van der Waals surface area contributed by atoms with E-state index in [4.69, 9.17) is 0 Å². The van der Waals surface area contributed by atoms with Gasteiger partial charge in [-0.15, -0.1) is 0 Å². The Morgan fingerprint density at radius 2 is 1.42 bits per heavy atom. The molecule has 90 valence electrons. The number of rotatable bonds is 2. The second-order valence-electron chi connectivity index (χ2n) is 4.54. The van der Waals surface area contributed by atoms with Gasteiger partial charge in [0.1, 0.15) is 0 Å². The second-order valence-corrected chi connectivity index (χ2v) is 4.54. The summed E-state index contributed by atoms with van der Waals surface area (Å²) < 4.78 is 0. The van der Waals surface area contributed by atoms with Crippen molar-refractivity contribution in [2.45, 2.75) is 0 Å². The van der Waals surface area contributed by atoms with Gasteiger partial charge >= 0.3 is 0 Å². The lowest BCUT2D eigenvalue weighted by atomic mass is 9.96. The quantitative estimate of drug-likeness (QED) is 0.656. The van der Waals surface area contributed by atoms with E-state index in [0.29, 0.717) is 0 Å². The molecule has 3 rings (SSSR count). The molecule has 1 aliphatic rings. The summed E-state index contributed by atoms with van der Waals surface area (Å²) in [5.41, 5.74) is 4.97. The summed E-state index contributed by atoms with van der Waals surface area (Å²) in [7, 11) is 0. The molecule has 0 saturated heterocycles. The van der Waals surface area contributed by atoms with Crippen molar-refractivity contribution in [2.75, 3.05) is 0 Å². The monoisotopic (exact) mass is 243 g/mol. The van der Waals surface area contributed by atoms with Crippen molar-refractivity contribution in [3.05, 3.63) is 102 Å². The third-order valence-corrected chi connectivity index (χ3v) is 3.15. The maximum atomic E-state index is 2.19. The third-order valence-electron chi connectivity index (χ3n) is 3.15. The molecule has 0 fully saturated rings. The van der Waals surface area contributed by atoms with E-state index in [9.17, 15) is 0 Å². The summed E-state index contributed by atoms with van der Waals surface area (Å²) in [6.45, 7) is 0. The van der Waals surface area contributed by atoms with Crippen molar-refractivity contribution in [3.63, 3.8) is 0 Å². The average Bonchev–Trinajstić information content (AvgIpc) is 2.50. The molecule has 0 saturated carbocycles. The fourth-order valence-electron chi connectivity index (χ4n) is 2.14. The zero-order valence-corrected chi connectivity index (χ0v) is 10.7. The molecular formula is C19H15+. The van der Waals surface area contributed by atoms with Crippen molar-refractivity contribution >= 4 is 11.6 Å². The maximum absolute atomic E-state index is 2.19. The number of benzene rings is 2. The van der Waals surface area contributed by atoms with Gasteiger partial charge in [0, 0.05) is 41.9 Å². The van der Waals surface area contributed by atoms with Gasteiger partial charge in [-0.25, -0.2) is 0 Å². The highest BCUT2D eigenvalue weighted by molar-refractivity contribution is 5.80. The number of hydrogen-bond acceptors (Lipinski definition) is 0. The molecule has 0 radical (unpaired) electrons. The van der Waals surface area contributed by atoms with E-state index in [1.807, 2.05) is 12.1 Å². The first-order chi connectivity index (χ1) is 9.42. The molecule has 1 aliphatic carbocycles. The Bertz CT molecular complexity index is 628. The van der Waals surface area contributed by atoms with Gasteiger partial charge in [0.05, 0.1) is 11.1 Å². The summed E-state index contributed by atoms with van der Waals surface area (Å²) in [6, 6.07) is 20.8. The average molecular weight is 243 g/mol. The maximum Gasteiger partial charge on any atom is 0.0967 e. The predicted molar refractivity (Wildman–Crippen MR) is 82.3 cm³/mol. The molecule has 0 N–H and O–H groups in total. The van der Waals surface area contributed by atoms with Crippen LogP contribution in [0.4, 0.5) is 0 Å². The Hall–Kier alpha value is -2.47. The second kappa shape index (κ2) is 5.45. The molecule has 0 amide bonds. The molecule has 2 aromatic rings. The van der Waals surface area contributed by atoms with Crippen LogP contribution in [0.15, 0.2) is 84.5 Å². The molecular weight excluding hydrogens is 228 g/mol. The van der Waals surface area contributed by atoms with Gasteiger partial charge in [-0.3, -0.25) is 0 Å². The van der Waals surface area contributed by atoms with Crippen LogP contribution in [0.2, 0.25) is 0 Å². The highest BCUT2D eigenvalue weighted by atomic mass is 14.1. The van der Waals surface area contributed by atoms with Crippen LogP contribution in [0.1, 0.15) is 11.1 Å². The van der Waals surface area contributed by atoms with E-state index < -0.39 is 0 Å². The summed E-state index contributed by atoms with van der Waals surface area (Å²) in [5.74, 6) is 0. The topological polar surface area (TPSA) is 0 Å². The zero-order chi connectivity index (χ0) is 12.9. The van der Waals surface area contributed by atoms with Crippen LogP contribution in [-0.2, 0) is 0 Å². The fraction of sp³-hybridized carbons (Fsp3) is 0. The summed E-state index contributed by atoms with van der Waals surface area (Å²) in [4.78, 5) is 0. The van der Waals surface area contributed by atoms with Crippen molar-refractivity contribution in [1.82, 2.24) is 0 Å². The summed E-state index contributed by atoms with van der Waals surface area (Å²) in [5, 5.41) is 0. The van der Waals surface area contributed by atoms with Gasteiger partial charge in [-0.05, 0) is 24.3 Å².